The Balaban J connectivity index is 0.000000303. The molecule has 0 aliphatic carbocycles. The molecule has 4 aromatic rings. The largest absolute Gasteiger partial charge is 0.478 e. The Morgan fingerprint density at radius 1 is 0.589 bits per heavy atom. The van der Waals surface area contributed by atoms with Crippen molar-refractivity contribution in [2.75, 3.05) is 12.5 Å². The van der Waals surface area contributed by atoms with Gasteiger partial charge in [-0.1, -0.05) is 24.3 Å². The van der Waals surface area contributed by atoms with Crippen LogP contribution in [0.3, 0.4) is 0 Å². The van der Waals surface area contributed by atoms with Crippen LogP contribution in [0.4, 0.5) is 8.78 Å². The smallest absolute Gasteiger partial charge is 0.350 e. The molecular formula is C44H46F2O8S2. The second-order valence-electron chi connectivity index (χ2n) is 14.3. The molecule has 0 saturated heterocycles. The topological polar surface area (TPSA) is 116 Å². The normalized spacial score (nSPS) is 11.8. The van der Waals surface area contributed by atoms with Gasteiger partial charge in [0.1, 0.15) is 5.60 Å². The summed E-state index contributed by atoms with van der Waals surface area (Å²) in [5, 5.41) is 9.04. The van der Waals surface area contributed by atoms with Crippen LogP contribution >= 0.6 is 23.5 Å². The number of hydrogen-bond acceptors (Lipinski definition) is 9. The first-order chi connectivity index (χ1) is 26.1. The fourth-order valence-electron chi connectivity index (χ4n) is 4.49. The third-order valence-corrected chi connectivity index (χ3v) is 9.14. The van der Waals surface area contributed by atoms with Crippen LogP contribution in [0.1, 0.15) is 80.3 Å². The molecule has 0 bridgehead atoms. The van der Waals surface area contributed by atoms with Crippen molar-refractivity contribution < 1.29 is 47.3 Å². The van der Waals surface area contributed by atoms with Crippen LogP contribution in [0.5, 0.6) is 11.5 Å². The fraction of sp³-hybridized carbons (Fsp3) is 0.273. The maximum Gasteiger partial charge on any atom is 0.350 e. The highest BCUT2D eigenvalue weighted by Crippen LogP contribution is 2.27. The van der Waals surface area contributed by atoms with Gasteiger partial charge in [-0.05, 0) is 157 Å². The summed E-state index contributed by atoms with van der Waals surface area (Å²) in [5.74, 6) is -3.70. The van der Waals surface area contributed by atoms with Gasteiger partial charge in [0.15, 0.2) is 45.9 Å². The maximum absolute atomic E-state index is 14.5. The summed E-state index contributed by atoms with van der Waals surface area (Å²) in [6.45, 7) is 11.0. The summed E-state index contributed by atoms with van der Waals surface area (Å²) in [6, 6.07) is 22.9. The van der Waals surface area contributed by atoms with Gasteiger partial charge in [-0.25, -0.2) is 18.4 Å². The number of hydrogen-bond donors (Lipinski definition) is 1. The number of benzene rings is 4. The molecule has 0 heterocycles. The number of aliphatic carboxylic acids is 1. The van der Waals surface area contributed by atoms with Crippen LogP contribution in [0, 0.1) is 11.6 Å². The van der Waals surface area contributed by atoms with Gasteiger partial charge >= 0.3 is 11.9 Å². The number of allylic oxidation sites excluding steroid dienone is 2. The average Bonchev–Trinajstić information content (AvgIpc) is 3.14. The zero-order valence-electron chi connectivity index (χ0n) is 32.8. The standard InChI is InChI=1S/C24H27FO4S.C20H19FO4S/c1-23(2,3)29-22(27)24(4,5)28-21-14-8-16(15-19(21)25)7-13-20(26)17-9-11-18(30-6)12-10-17;1-20(2,19(23)24)25-18-11-5-13(12-16(18)21)4-10-17(22)14-6-8-15(26-3)9-7-14/h7-15H,1-6H3;4-12H,1-3H3,(H,23,24)/b13-7+;10-4+. The number of carbonyl (C=O) groups excluding carboxylic acids is 3. The molecule has 0 fully saturated rings. The second-order valence-corrected chi connectivity index (χ2v) is 16.0. The highest BCUT2D eigenvalue weighted by molar-refractivity contribution is 7.98. The number of ketones is 2. The van der Waals surface area contributed by atoms with Crippen molar-refractivity contribution in [3.05, 3.63) is 131 Å². The molecule has 0 radical (unpaired) electrons. The minimum Gasteiger partial charge on any atom is -0.478 e. The van der Waals surface area contributed by atoms with Gasteiger partial charge in [0.05, 0.1) is 0 Å². The number of halogens is 2. The Hall–Kier alpha value is -5.20. The van der Waals surface area contributed by atoms with E-state index in [0.717, 1.165) is 9.79 Å². The molecule has 56 heavy (non-hydrogen) atoms. The first-order valence-electron chi connectivity index (χ1n) is 17.3. The van der Waals surface area contributed by atoms with Crippen molar-refractivity contribution in [3.8, 4) is 11.5 Å². The third kappa shape index (κ3) is 13.8. The van der Waals surface area contributed by atoms with Crippen molar-refractivity contribution >= 4 is 59.2 Å². The van der Waals surface area contributed by atoms with Gasteiger partial charge in [-0.3, -0.25) is 9.59 Å². The van der Waals surface area contributed by atoms with Crippen LogP contribution in [0.2, 0.25) is 0 Å². The molecule has 0 atom stereocenters. The molecule has 4 rings (SSSR count). The minimum absolute atomic E-state index is 0.0676. The number of thioether (sulfide) groups is 2. The summed E-state index contributed by atoms with van der Waals surface area (Å²) >= 11 is 3.19. The van der Waals surface area contributed by atoms with Crippen LogP contribution in [0.25, 0.3) is 12.2 Å². The lowest BCUT2D eigenvalue weighted by Gasteiger charge is -2.29. The zero-order chi connectivity index (χ0) is 41.8. The molecule has 4 aromatic carbocycles. The lowest BCUT2D eigenvalue weighted by Crippen LogP contribution is -2.43. The van der Waals surface area contributed by atoms with Crippen molar-refractivity contribution in [3.63, 3.8) is 0 Å². The molecule has 0 saturated carbocycles. The molecule has 0 aliphatic heterocycles. The van der Waals surface area contributed by atoms with Gasteiger partial charge in [-0.15, -0.1) is 23.5 Å². The SMILES string of the molecule is CSc1ccc(C(=O)/C=C/c2ccc(OC(C)(C)C(=O)O)c(F)c2)cc1.CSc1ccc(C(=O)/C=C/c2ccc(OC(C)(C)C(=O)OC(C)(C)C)c(F)c2)cc1. The van der Waals surface area contributed by atoms with Gasteiger partial charge < -0.3 is 19.3 Å². The average molecular weight is 805 g/mol. The van der Waals surface area contributed by atoms with E-state index in [1.54, 1.807) is 80.7 Å². The molecule has 0 unspecified atom stereocenters. The van der Waals surface area contributed by atoms with Gasteiger partial charge in [0, 0.05) is 20.9 Å². The first-order valence-corrected chi connectivity index (χ1v) is 19.8. The second kappa shape index (κ2) is 19.6. The van der Waals surface area contributed by atoms with Crippen LogP contribution in [-0.2, 0) is 14.3 Å². The maximum atomic E-state index is 14.5. The zero-order valence-corrected chi connectivity index (χ0v) is 34.4. The Morgan fingerprint density at radius 3 is 1.29 bits per heavy atom. The summed E-state index contributed by atoms with van der Waals surface area (Å²) < 4.78 is 44.7. The van der Waals surface area contributed by atoms with Crippen molar-refractivity contribution in [1.82, 2.24) is 0 Å². The Kier molecular flexibility index (Phi) is 15.8. The molecule has 12 heteroatoms. The number of rotatable bonds is 14. The monoisotopic (exact) mass is 804 g/mol. The van der Waals surface area contributed by atoms with E-state index in [1.807, 2.05) is 36.8 Å². The van der Waals surface area contributed by atoms with Crippen molar-refractivity contribution in [2.45, 2.75) is 75.1 Å². The highest BCUT2D eigenvalue weighted by Gasteiger charge is 2.35. The molecule has 0 spiro atoms. The molecule has 1 N–H and O–H groups in total. The predicted molar refractivity (Wildman–Crippen MR) is 219 cm³/mol. The van der Waals surface area contributed by atoms with Crippen LogP contribution in [0.15, 0.2) is 107 Å². The van der Waals surface area contributed by atoms with E-state index < -0.39 is 40.4 Å². The van der Waals surface area contributed by atoms with Crippen molar-refractivity contribution in [2.24, 2.45) is 0 Å². The predicted octanol–water partition coefficient (Wildman–Crippen LogP) is 10.6. The fourth-order valence-corrected chi connectivity index (χ4v) is 5.31. The van der Waals surface area contributed by atoms with E-state index in [4.69, 9.17) is 19.3 Å². The number of esters is 1. The van der Waals surface area contributed by atoms with Crippen LogP contribution < -0.4 is 9.47 Å². The van der Waals surface area contributed by atoms with E-state index >= 15 is 0 Å². The minimum atomic E-state index is -1.54. The lowest BCUT2D eigenvalue weighted by molar-refractivity contribution is -0.171. The van der Waals surface area contributed by atoms with E-state index in [1.165, 1.54) is 76.3 Å². The highest BCUT2D eigenvalue weighted by atomic mass is 32.2. The lowest BCUT2D eigenvalue weighted by atomic mass is 10.1. The number of carboxylic acid groups (broad SMARTS) is 1. The number of carboxylic acids is 1. The number of carbonyl (C=O) groups is 4. The molecule has 0 aromatic heterocycles. The van der Waals surface area contributed by atoms with Gasteiger partial charge in [0.2, 0.25) is 0 Å². The van der Waals surface area contributed by atoms with E-state index in [-0.39, 0.29) is 23.1 Å². The van der Waals surface area contributed by atoms with Crippen molar-refractivity contribution in [1.29, 1.82) is 0 Å². The van der Waals surface area contributed by atoms with Gasteiger partial charge in [-0.2, -0.15) is 0 Å². The first kappa shape index (κ1) is 45.2. The summed E-state index contributed by atoms with van der Waals surface area (Å²) in [7, 11) is 0. The number of ether oxygens (including phenoxy) is 3. The van der Waals surface area contributed by atoms with E-state index in [0.29, 0.717) is 22.3 Å². The molecule has 0 amide bonds. The van der Waals surface area contributed by atoms with Crippen LogP contribution in [-0.4, -0.2) is 57.9 Å². The molecule has 296 valence electrons. The van der Waals surface area contributed by atoms with E-state index in [9.17, 15) is 28.0 Å². The summed E-state index contributed by atoms with van der Waals surface area (Å²) in [5.41, 5.74) is -1.50. The summed E-state index contributed by atoms with van der Waals surface area (Å²) in [4.78, 5) is 49.9. The third-order valence-electron chi connectivity index (χ3n) is 7.65. The summed E-state index contributed by atoms with van der Waals surface area (Å²) in [6.07, 6.45) is 9.72. The molecule has 8 nitrogen and oxygen atoms in total. The van der Waals surface area contributed by atoms with Gasteiger partial charge in [0.25, 0.3) is 0 Å². The Morgan fingerprint density at radius 2 is 0.964 bits per heavy atom. The Labute approximate surface area is 335 Å². The quantitative estimate of drug-likeness (QED) is 0.0571. The molecular weight excluding hydrogens is 759 g/mol. The van der Waals surface area contributed by atoms with E-state index in [2.05, 4.69) is 0 Å². The molecule has 0 aliphatic rings. The Bertz CT molecular complexity index is 2080.